The van der Waals surface area contributed by atoms with Gasteiger partial charge in [0.15, 0.2) is 0 Å². The highest BCUT2D eigenvalue weighted by molar-refractivity contribution is 5.98. The molecule has 0 saturated heterocycles. The molecule has 2 aliphatic rings. The molecule has 23 heavy (non-hydrogen) atoms. The number of pyridine rings is 1. The Hall–Kier alpha value is -1.84. The SMILES string of the molecule is CC1(C)CCC(NC(=O)c2cc3c(C4CC4)ccnc3[nH]2)CC1. The van der Waals surface area contributed by atoms with E-state index in [0.29, 0.717) is 23.1 Å². The van der Waals surface area contributed by atoms with Crippen LogP contribution in [0.4, 0.5) is 0 Å². The van der Waals surface area contributed by atoms with Crippen LogP contribution in [-0.2, 0) is 0 Å². The van der Waals surface area contributed by atoms with Gasteiger partial charge in [0.2, 0.25) is 0 Å². The molecule has 0 aliphatic heterocycles. The highest BCUT2D eigenvalue weighted by Crippen LogP contribution is 2.42. The third-order valence-electron chi connectivity index (χ3n) is 5.50. The van der Waals surface area contributed by atoms with Crippen LogP contribution in [-0.4, -0.2) is 21.9 Å². The molecule has 0 aromatic carbocycles. The van der Waals surface area contributed by atoms with Gasteiger partial charge in [-0.1, -0.05) is 13.8 Å². The lowest BCUT2D eigenvalue weighted by molar-refractivity contribution is 0.0905. The minimum absolute atomic E-state index is 0.00875. The summed E-state index contributed by atoms with van der Waals surface area (Å²) in [6.07, 6.45) is 8.86. The zero-order valence-electron chi connectivity index (χ0n) is 14.0. The maximum atomic E-state index is 12.6. The monoisotopic (exact) mass is 311 g/mol. The van der Waals surface area contributed by atoms with Crippen molar-refractivity contribution in [3.63, 3.8) is 0 Å². The van der Waals surface area contributed by atoms with E-state index in [-0.39, 0.29) is 5.91 Å². The van der Waals surface area contributed by atoms with Crippen molar-refractivity contribution in [1.29, 1.82) is 0 Å². The number of hydrogen-bond acceptors (Lipinski definition) is 2. The van der Waals surface area contributed by atoms with Crippen LogP contribution < -0.4 is 5.32 Å². The molecule has 4 nitrogen and oxygen atoms in total. The zero-order chi connectivity index (χ0) is 16.0. The van der Waals surface area contributed by atoms with E-state index in [1.54, 1.807) is 0 Å². The number of H-pyrrole nitrogens is 1. The Morgan fingerprint density at radius 1 is 1.26 bits per heavy atom. The molecule has 0 radical (unpaired) electrons. The Morgan fingerprint density at radius 3 is 2.70 bits per heavy atom. The number of carbonyl (C=O) groups is 1. The molecule has 4 heteroatoms. The molecule has 0 bridgehead atoms. The lowest BCUT2D eigenvalue weighted by Crippen LogP contribution is -2.39. The minimum atomic E-state index is 0.00875. The van der Waals surface area contributed by atoms with Crippen LogP contribution in [0.1, 0.15) is 74.3 Å². The van der Waals surface area contributed by atoms with Crippen molar-refractivity contribution in [1.82, 2.24) is 15.3 Å². The summed E-state index contributed by atoms with van der Waals surface area (Å²) in [5.41, 5.74) is 3.24. The molecular formula is C19H25N3O. The first-order valence-electron chi connectivity index (χ1n) is 8.80. The van der Waals surface area contributed by atoms with Gasteiger partial charge in [-0.05, 0) is 67.6 Å². The van der Waals surface area contributed by atoms with E-state index in [0.717, 1.165) is 23.9 Å². The molecule has 4 rings (SSSR count). The molecule has 0 unspecified atom stereocenters. The van der Waals surface area contributed by atoms with Gasteiger partial charge in [-0.3, -0.25) is 4.79 Å². The Kier molecular flexibility index (Phi) is 3.43. The topological polar surface area (TPSA) is 57.8 Å². The Morgan fingerprint density at radius 2 is 2.00 bits per heavy atom. The van der Waals surface area contributed by atoms with Gasteiger partial charge in [-0.15, -0.1) is 0 Å². The van der Waals surface area contributed by atoms with E-state index in [2.05, 4.69) is 35.2 Å². The molecular weight excluding hydrogens is 286 g/mol. The van der Waals surface area contributed by atoms with Crippen molar-refractivity contribution in [2.24, 2.45) is 5.41 Å². The molecule has 2 aromatic rings. The van der Waals surface area contributed by atoms with Gasteiger partial charge in [0.25, 0.3) is 5.91 Å². The predicted octanol–water partition coefficient (Wildman–Crippen LogP) is 4.14. The van der Waals surface area contributed by atoms with E-state index >= 15 is 0 Å². The van der Waals surface area contributed by atoms with Crippen LogP contribution >= 0.6 is 0 Å². The second kappa shape index (κ2) is 5.36. The third kappa shape index (κ3) is 2.99. The van der Waals surface area contributed by atoms with Gasteiger partial charge in [0.05, 0.1) is 0 Å². The molecule has 2 aromatic heterocycles. The third-order valence-corrected chi connectivity index (χ3v) is 5.50. The second-order valence-electron chi connectivity index (χ2n) is 8.03. The van der Waals surface area contributed by atoms with Crippen molar-refractivity contribution >= 4 is 16.9 Å². The quantitative estimate of drug-likeness (QED) is 0.895. The molecule has 1 amide bonds. The molecule has 2 fully saturated rings. The fourth-order valence-electron chi connectivity index (χ4n) is 3.73. The Bertz CT molecular complexity index is 732. The summed E-state index contributed by atoms with van der Waals surface area (Å²) in [6, 6.07) is 4.38. The normalized spacial score (nSPS) is 21.5. The van der Waals surface area contributed by atoms with E-state index in [1.165, 1.54) is 31.2 Å². The number of hydrogen-bond donors (Lipinski definition) is 2. The number of fused-ring (bicyclic) bond motifs is 1. The number of carbonyl (C=O) groups excluding carboxylic acids is 1. The van der Waals surface area contributed by atoms with Crippen molar-refractivity contribution in [2.75, 3.05) is 0 Å². The van der Waals surface area contributed by atoms with Gasteiger partial charge in [0, 0.05) is 17.6 Å². The first kappa shape index (κ1) is 14.7. The number of nitrogens with one attached hydrogen (secondary N) is 2. The summed E-state index contributed by atoms with van der Waals surface area (Å²) in [6.45, 7) is 4.63. The van der Waals surface area contributed by atoms with Crippen LogP contribution in [0.15, 0.2) is 18.3 Å². The zero-order valence-corrected chi connectivity index (χ0v) is 14.0. The Labute approximate surface area is 137 Å². The molecule has 122 valence electrons. The van der Waals surface area contributed by atoms with Crippen LogP contribution in [0, 0.1) is 5.41 Å². The van der Waals surface area contributed by atoms with Crippen molar-refractivity contribution < 1.29 is 4.79 Å². The molecule has 2 N–H and O–H groups in total. The van der Waals surface area contributed by atoms with Crippen LogP contribution in [0.3, 0.4) is 0 Å². The number of amides is 1. The Balaban J connectivity index is 1.50. The van der Waals surface area contributed by atoms with Gasteiger partial charge in [-0.2, -0.15) is 0 Å². The maximum absolute atomic E-state index is 12.6. The summed E-state index contributed by atoms with van der Waals surface area (Å²) < 4.78 is 0. The van der Waals surface area contributed by atoms with Crippen molar-refractivity contribution in [2.45, 2.75) is 64.3 Å². The maximum Gasteiger partial charge on any atom is 0.267 e. The van der Waals surface area contributed by atoms with Crippen LogP contribution in [0.2, 0.25) is 0 Å². The van der Waals surface area contributed by atoms with E-state index in [4.69, 9.17) is 0 Å². The first-order chi connectivity index (χ1) is 11.0. The summed E-state index contributed by atoms with van der Waals surface area (Å²) in [7, 11) is 0. The summed E-state index contributed by atoms with van der Waals surface area (Å²) >= 11 is 0. The fourth-order valence-corrected chi connectivity index (χ4v) is 3.73. The smallest absolute Gasteiger partial charge is 0.267 e. The van der Waals surface area contributed by atoms with Crippen LogP contribution in [0.25, 0.3) is 11.0 Å². The highest BCUT2D eigenvalue weighted by atomic mass is 16.1. The van der Waals surface area contributed by atoms with E-state index in [1.807, 2.05) is 12.3 Å². The molecule has 0 atom stereocenters. The van der Waals surface area contributed by atoms with Gasteiger partial charge >= 0.3 is 0 Å². The summed E-state index contributed by atoms with van der Waals surface area (Å²) in [4.78, 5) is 20.2. The van der Waals surface area contributed by atoms with Crippen molar-refractivity contribution in [3.05, 3.63) is 29.6 Å². The fraction of sp³-hybridized carbons (Fsp3) is 0.579. The predicted molar refractivity (Wildman–Crippen MR) is 91.6 cm³/mol. The van der Waals surface area contributed by atoms with E-state index < -0.39 is 0 Å². The lowest BCUT2D eigenvalue weighted by Gasteiger charge is -2.34. The lowest BCUT2D eigenvalue weighted by atomic mass is 9.75. The first-order valence-corrected chi connectivity index (χ1v) is 8.80. The number of rotatable bonds is 3. The second-order valence-corrected chi connectivity index (χ2v) is 8.03. The van der Waals surface area contributed by atoms with Crippen molar-refractivity contribution in [3.8, 4) is 0 Å². The number of aromatic amines is 1. The number of nitrogens with zero attached hydrogens (tertiary/aromatic N) is 1. The van der Waals surface area contributed by atoms with Gasteiger partial charge in [-0.25, -0.2) is 4.98 Å². The van der Waals surface area contributed by atoms with Crippen LogP contribution in [0.5, 0.6) is 0 Å². The number of aromatic nitrogens is 2. The molecule has 0 spiro atoms. The summed E-state index contributed by atoms with van der Waals surface area (Å²) in [5, 5.41) is 4.32. The average Bonchev–Trinajstić information content (AvgIpc) is 3.26. The van der Waals surface area contributed by atoms with Gasteiger partial charge < -0.3 is 10.3 Å². The van der Waals surface area contributed by atoms with Gasteiger partial charge in [0.1, 0.15) is 11.3 Å². The van der Waals surface area contributed by atoms with E-state index in [9.17, 15) is 4.79 Å². The minimum Gasteiger partial charge on any atom is -0.348 e. The summed E-state index contributed by atoms with van der Waals surface area (Å²) in [5.74, 6) is 0.669. The highest BCUT2D eigenvalue weighted by Gasteiger charge is 2.29. The molecule has 2 aliphatic carbocycles. The largest absolute Gasteiger partial charge is 0.348 e. The molecule has 2 heterocycles. The standard InChI is InChI=1S/C19H25N3O/c1-19(2)8-5-13(6-9-19)21-18(23)16-11-15-14(12-3-4-12)7-10-20-17(15)22-16/h7,10-13H,3-6,8-9H2,1-2H3,(H,20,22)(H,21,23). The molecule has 2 saturated carbocycles. The average molecular weight is 311 g/mol.